The molecule has 0 heterocycles. The SMILES string of the molecule is CCC(CCOc1ccccc1)C(C)Br. The van der Waals surface area contributed by atoms with Crippen molar-refractivity contribution in [1.82, 2.24) is 0 Å². The van der Waals surface area contributed by atoms with Crippen LogP contribution in [0.2, 0.25) is 0 Å². The van der Waals surface area contributed by atoms with Crippen LogP contribution >= 0.6 is 15.9 Å². The molecule has 0 aliphatic heterocycles. The highest BCUT2D eigenvalue weighted by Gasteiger charge is 2.11. The van der Waals surface area contributed by atoms with Crippen LogP contribution in [0.25, 0.3) is 0 Å². The van der Waals surface area contributed by atoms with Crippen LogP contribution < -0.4 is 4.74 Å². The molecule has 0 bridgehead atoms. The molecule has 0 amide bonds. The summed E-state index contributed by atoms with van der Waals surface area (Å²) in [4.78, 5) is 0.571. The quantitative estimate of drug-likeness (QED) is 0.702. The topological polar surface area (TPSA) is 9.23 Å². The van der Waals surface area contributed by atoms with E-state index in [0.29, 0.717) is 10.7 Å². The standard InChI is InChI=1S/C13H19BrO/c1-3-12(11(2)14)9-10-15-13-7-5-4-6-8-13/h4-8,11-12H,3,9-10H2,1-2H3. The molecular formula is C13H19BrO. The first-order chi connectivity index (χ1) is 7.24. The Balaban J connectivity index is 2.27. The predicted molar refractivity (Wildman–Crippen MR) is 68.7 cm³/mol. The zero-order chi connectivity index (χ0) is 11.1. The predicted octanol–water partition coefficient (Wildman–Crippen LogP) is 4.27. The van der Waals surface area contributed by atoms with Crippen molar-refractivity contribution in [3.8, 4) is 5.75 Å². The van der Waals surface area contributed by atoms with E-state index in [9.17, 15) is 0 Å². The number of para-hydroxylation sites is 1. The average molecular weight is 271 g/mol. The minimum Gasteiger partial charge on any atom is -0.494 e. The van der Waals surface area contributed by atoms with Crippen LogP contribution in [0.3, 0.4) is 0 Å². The van der Waals surface area contributed by atoms with Crippen molar-refractivity contribution in [3.05, 3.63) is 30.3 Å². The number of rotatable bonds is 6. The molecule has 2 unspecified atom stereocenters. The molecule has 2 heteroatoms. The summed E-state index contributed by atoms with van der Waals surface area (Å²) in [6, 6.07) is 10.00. The molecule has 0 aliphatic carbocycles. The number of halogens is 1. The fourth-order valence-electron chi connectivity index (χ4n) is 1.60. The van der Waals surface area contributed by atoms with E-state index in [-0.39, 0.29) is 0 Å². The minimum atomic E-state index is 0.571. The summed E-state index contributed by atoms with van der Waals surface area (Å²) in [6.45, 7) is 5.24. The molecule has 0 radical (unpaired) electrons. The van der Waals surface area contributed by atoms with Crippen molar-refractivity contribution in [2.75, 3.05) is 6.61 Å². The second kappa shape index (κ2) is 6.89. The lowest BCUT2D eigenvalue weighted by atomic mass is 10.0. The van der Waals surface area contributed by atoms with E-state index >= 15 is 0 Å². The maximum absolute atomic E-state index is 5.67. The molecular weight excluding hydrogens is 252 g/mol. The van der Waals surface area contributed by atoms with Crippen LogP contribution in [0.15, 0.2) is 30.3 Å². The van der Waals surface area contributed by atoms with Gasteiger partial charge in [0.25, 0.3) is 0 Å². The van der Waals surface area contributed by atoms with Crippen LogP contribution in [0.5, 0.6) is 5.75 Å². The van der Waals surface area contributed by atoms with Gasteiger partial charge in [0, 0.05) is 4.83 Å². The van der Waals surface area contributed by atoms with Gasteiger partial charge in [0.15, 0.2) is 0 Å². The monoisotopic (exact) mass is 270 g/mol. The lowest BCUT2D eigenvalue weighted by Gasteiger charge is -2.17. The first kappa shape index (κ1) is 12.6. The van der Waals surface area contributed by atoms with Gasteiger partial charge < -0.3 is 4.74 Å². The van der Waals surface area contributed by atoms with Gasteiger partial charge in [-0.3, -0.25) is 0 Å². The van der Waals surface area contributed by atoms with Gasteiger partial charge in [0.05, 0.1) is 6.61 Å². The maximum atomic E-state index is 5.67. The molecule has 1 nitrogen and oxygen atoms in total. The van der Waals surface area contributed by atoms with E-state index in [1.807, 2.05) is 30.3 Å². The van der Waals surface area contributed by atoms with Gasteiger partial charge in [-0.05, 0) is 24.5 Å². The summed E-state index contributed by atoms with van der Waals surface area (Å²) in [5.41, 5.74) is 0. The fourth-order valence-corrected chi connectivity index (χ4v) is 2.24. The molecule has 84 valence electrons. The second-order valence-corrected chi connectivity index (χ2v) is 5.24. The molecule has 0 N–H and O–H groups in total. The number of hydrogen-bond acceptors (Lipinski definition) is 1. The summed E-state index contributed by atoms with van der Waals surface area (Å²) in [5.74, 6) is 1.67. The van der Waals surface area contributed by atoms with Crippen LogP contribution in [-0.2, 0) is 0 Å². The van der Waals surface area contributed by atoms with Crippen LogP contribution in [0, 0.1) is 5.92 Å². The first-order valence-corrected chi connectivity index (χ1v) is 6.47. The van der Waals surface area contributed by atoms with E-state index in [0.717, 1.165) is 18.8 Å². The molecule has 1 aromatic carbocycles. The van der Waals surface area contributed by atoms with Gasteiger partial charge >= 0.3 is 0 Å². The summed E-state index contributed by atoms with van der Waals surface area (Å²) in [5, 5.41) is 0. The Bertz CT molecular complexity index is 258. The van der Waals surface area contributed by atoms with E-state index in [1.54, 1.807) is 0 Å². The second-order valence-electron chi connectivity index (χ2n) is 3.80. The Morgan fingerprint density at radius 2 is 1.93 bits per heavy atom. The molecule has 1 aromatic rings. The highest BCUT2D eigenvalue weighted by Crippen LogP contribution is 2.20. The smallest absolute Gasteiger partial charge is 0.119 e. The van der Waals surface area contributed by atoms with Gasteiger partial charge in [-0.2, -0.15) is 0 Å². The van der Waals surface area contributed by atoms with Gasteiger partial charge in [0.2, 0.25) is 0 Å². The van der Waals surface area contributed by atoms with Crippen molar-refractivity contribution < 1.29 is 4.74 Å². The lowest BCUT2D eigenvalue weighted by Crippen LogP contribution is -2.13. The van der Waals surface area contributed by atoms with Crippen LogP contribution in [0.1, 0.15) is 26.7 Å². The summed E-state index contributed by atoms with van der Waals surface area (Å²) < 4.78 is 5.67. The molecule has 0 saturated heterocycles. The zero-order valence-corrected chi connectivity index (χ0v) is 11.0. The van der Waals surface area contributed by atoms with E-state index < -0.39 is 0 Å². The Kier molecular flexibility index (Phi) is 5.77. The lowest BCUT2D eigenvalue weighted by molar-refractivity contribution is 0.275. The normalized spacial score (nSPS) is 14.6. The van der Waals surface area contributed by atoms with Crippen molar-refractivity contribution in [3.63, 3.8) is 0 Å². The number of ether oxygens (including phenoxy) is 1. The Hall–Kier alpha value is -0.500. The third-order valence-corrected chi connectivity index (χ3v) is 3.42. The van der Waals surface area contributed by atoms with Crippen molar-refractivity contribution in [2.24, 2.45) is 5.92 Å². The van der Waals surface area contributed by atoms with E-state index in [2.05, 4.69) is 29.8 Å². The third-order valence-electron chi connectivity index (χ3n) is 2.67. The largest absolute Gasteiger partial charge is 0.494 e. The minimum absolute atomic E-state index is 0.571. The molecule has 15 heavy (non-hydrogen) atoms. The summed E-state index contributed by atoms with van der Waals surface area (Å²) >= 11 is 3.63. The number of alkyl halides is 1. The highest BCUT2D eigenvalue weighted by molar-refractivity contribution is 9.09. The molecule has 0 spiro atoms. The number of hydrogen-bond donors (Lipinski definition) is 0. The van der Waals surface area contributed by atoms with Crippen LogP contribution in [-0.4, -0.2) is 11.4 Å². The Morgan fingerprint density at radius 1 is 1.27 bits per heavy atom. The van der Waals surface area contributed by atoms with Gasteiger partial charge in [-0.1, -0.05) is 54.4 Å². The zero-order valence-electron chi connectivity index (χ0n) is 9.45. The molecule has 2 atom stereocenters. The summed E-state index contributed by atoms with van der Waals surface area (Å²) in [6.07, 6.45) is 2.31. The molecule has 0 aromatic heterocycles. The van der Waals surface area contributed by atoms with E-state index in [1.165, 1.54) is 6.42 Å². The molecule has 1 rings (SSSR count). The maximum Gasteiger partial charge on any atom is 0.119 e. The summed E-state index contributed by atoms with van der Waals surface area (Å²) in [7, 11) is 0. The van der Waals surface area contributed by atoms with Crippen molar-refractivity contribution >= 4 is 15.9 Å². The molecule has 0 aliphatic rings. The van der Waals surface area contributed by atoms with Crippen molar-refractivity contribution in [1.29, 1.82) is 0 Å². The molecule has 0 saturated carbocycles. The fraction of sp³-hybridized carbons (Fsp3) is 0.538. The first-order valence-electron chi connectivity index (χ1n) is 5.56. The highest BCUT2D eigenvalue weighted by atomic mass is 79.9. The Morgan fingerprint density at radius 3 is 2.47 bits per heavy atom. The van der Waals surface area contributed by atoms with E-state index in [4.69, 9.17) is 4.74 Å². The third kappa shape index (κ3) is 4.70. The van der Waals surface area contributed by atoms with Gasteiger partial charge in [-0.25, -0.2) is 0 Å². The average Bonchev–Trinajstić information content (AvgIpc) is 2.25. The Labute approximate surface area is 101 Å². The van der Waals surface area contributed by atoms with Gasteiger partial charge in [0.1, 0.15) is 5.75 Å². The molecule has 0 fully saturated rings. The van der Waals surface area contributed by atoms with Crippen molar-refractivity contribution in [2.45, 2.75) is 31.5 Å². The van der Waals surface area contributed by atoms with Gasteiger partial charge in [-0.15, -0.1) is 0 Å². The number of benzene rings is 1. The van der Waals surface area contributed by atoms with Crippen LogP contribution in [0.4, 0.5) is 0 Å².